The largest absolute Gasteiger partial charge is 0.339 e. The first-order chi connectivity index (χ1) is 10.1. The summed E-state index contributed by atoms with van der Waals surface area (Å²) in [5.74, 6) is 1.15. The first-order valence-corrected chi connectivity index (χ1v) is 7.42. The standard InChI is InChI=1S/C15H19ClFN3O/c1-10(7-8-18)5-6-14-19-13(20-21-14)9-11-3-2-4-12(16)15(11)17/h2-4,10H,5-9,18H2,1H3. The molecule has 0 amide bonds. The lowest BCUT2D eigenvalue weighted by Gasteiger charge is -2.06. The quantitative estimate of drug-likeness (QED) is 0.851. The van der Waals surface area contributed by atoms with Crippen LogP contribution in [0.4, 0.5) is 4.39 Å². The van der Waals surface area contributed by atoms with Crippen molar-refractivity contribution in [2.24, 2.45) is 11.7 Å². The number of hydrogen-bond acceptors (Lipinski definition) is 4. The third-order valence-corrected chi connectivity index (χ3v) is 3.69. The van der Waals surface area contributed by atoms with Crippen molar-refractivity contribution in [3.8, 4) is 0 Å². The van der Waals surface area contributed by atoms with Crippen LogP contribution in [-0.4, -0.2) is 16.7 Å². The average molecular weight is 312 g/mol. The number of aryl methyl sites for hydroxylation is 1. The highest BCUT2D eigenvalue weighted by Gasteiger charge is 2.12. The highest BCUT2D eigenvalue weighted by atomic mass is 35.5. The average Bonchev–Trinajstić information content (AvgIpc) is 2.90. The van der Waals surface area contributed by atoms with Crippen LogP contribution in [0.3, 0.4) is 0 Å². The zero-order valence-corrected chi connectivity index (χ0v) is 12.7. The minimum atomic E-state index is -0.429. The van der Waals surface area contributed by atoms with E-state index in [2.05, 4.69) is 17.1 Å². The Balaban J connectivity index is 1.95. The van der Waals surface area contributed by atoms with Crippen LogP contribution in [0.2, 0.25) is 5.02 Å². The van der Waals surface area contributed by atoms with Crippen LogP contribution in [0.25, 0.3) is 0 Å². The summed E-state index contributed by atoms with van der Waals surface area (Å²) in [7, 11) is 0. The first-order valence-electron chi connectivity index (χ1n) is 7.04. The molecule has 1 unspecified atom stereocenters. The lowest BCUT2D eigenvalue weighted by Crippen LogP contribution is -2.06. The van der Waals surface area contributed by atoms with E-state index >= 15 is 0 Å². The van der Waals surface area contributed by atoms with Crippen molar-refractivity contribution in [1.29, 1.82) is 0 Å². The van der Waals surface area contributed by atoms with Gasteiger partial charge in [0.1, 0.15) is 5.82 Å². The van der Waals surface area contributed by atoms with Gasteiger partial charge in [-0.05, 0) is 36.9 Å². The van der Waals surface area contributed by atoms with E-state index in [-0.39, 0.29) is 11.4 Å². The van der Waals surface area contributed by atoms with E-state index in [1.807, 2.05) is 0 Å². The number of nitrogens with two attached hydrogens (primary N) is 1. The maximum atomic E-state index is 13.8. The summed E-state index contributed by atoms with van der Waals surface area (Å²) in [6.45, 7) is 2.83. The van der Waals surface area contributed by atoms with Gasteiger partial charge in [0, 0.05) is 12.8 Å². The minimum Gasteiger partial charge on any atom is -0.339 e. The normalized spacial score (nSPS) is 12.6. The molecule has 21 heavy (non-hydrogen) atoms. The number of benzene rings is 1. The Bertz CT molecular complexity index is 588. The molecule has 0 radical (unpaired) electrons. The van der Waals surface area contributed by atoms with Gasteiger partial charge >= 0.3 is 0 Å². The Morgan fingerprint density at radius 3 is 2.95 bits per heavy atom. The van der Waals surface area contributed by atoms with E-state index in [9.17, 15) is 4.39 Å². The van der Waals surface area contributed by atoms with Crippen LogP contribution >= 0.6 is 11.6 Å². The molecule has 0 aliphatic rings. The smallest absolute Gasteiger partial charge is 0.226 e. The van der Waals surface area contributed by atoms with E-state index in [0.717, 1.165) is 12.8 Å². The molecule has 2 aromatic rings. The van der Waals surface area contributed by atoms with Gasteiger partial charge in [-0.1, -0.05) is 35.8 Å². The topological polar surface area (TPSA) is 64.9 Å². The molecule has 0 aliphatic carbocycles. The van der Waals surface area contributed by atoms with Crippen molar-refractivity contribution in [3.05, 3.63) is 46.3 Å². The van der Waals surface area contributed by atoms with Crippen LogP contribution in [-0.2, 0) is 12.8 Å². The van der Waals surface area contributed by atoms with Gasteiger partial charge in [0.25, 0.3) is 0 Å². The zero-order chi connectivity index (χ0) is 15.2. The summed E-state index contributed by atoms with van der Waals surface area (Å²) < 4.78 is 19.0. The predicted molar refractivity (Wildman–Crippen MR) is 79.7 cm³/mol. The van der Waals surface area contributed by atoms with Crippen LogP contribution < -0.4 is 5.73 Å². The van der Waals surface area contributed by atoms with Gasteiger partial charge in [0.15, 0.2) is 5.82 Å². The van der Waals surface area contributed by atoms with Crippen LogP contribution in [0.1, 0.15) is 37.0 Å². The van der Waals surface area contributed by atoms with E-state index in [0.29, 0.717) is 36.2 Å². The molecule has 6 heteroatoms. The van der Waals surface area contributed by atoms with Crippen molar-refractivity contribution in [2.45, 2.75) is 32.6 Å². The van der Waals surface area contributed by atoms with Gasteiger partial charge in [0.05, 0.1) is 5.02 Å². The van der Waals surface area contributed by atoms with Gasteiger partial charge in [-0.3, -0.25) is 0 Å². The number of rotatable bonds is 7. The Morgan fingerprint density at radius 1 is 1.38 bits per heavy atom. The third kappa shape index (κ3) is 4.51. The summed E-state index contributed by atoms with van der Waals surface area (Å²) in [6, 6.07) is 4.89. The maximum Gasteiger partial charge on any atom is 0.226 e. The Hall–Kier alpha value is -1.46. The van der Waals surface area contributed by atoms with Crippen molar-refractivity contribution in [2.75, 3.05) is 6.54 Å². The zero-order valence-electron chi connectivity index (χ0n) is 12.0. The predicted octanol–water partition coefficient (Wildman–Crippen LogP) is 3.37. The van der Waals surface area contributed by atoms with Crippen molar-refractivity contribution in [1.82, 2.24) is 10.1 Å². The summed E-state index contributed by atoms with van der Waals surface area (Å²) in [5.41, 5.74) is 5.98. The molecule has 0 bridgehead atoms. The van der Waals surface area contributed by atoms with E-state index in [1.165, 1.54) is 6.07 Å². The summed E-state index contributed by atoms with van der Waals surface area (Å²) >= 11 is 5.75. The Morgan fingerprint density at radius 2 is 2.19 bits per heavy atom. The van der Waals surface area contributed by atoms with E-state index in [1.54, 1.807) is 12.1 Å². The highest BCUT2D eigenvalue weighted by molar-refractivity contribution is 6.30. The van der Waals surface area contributed by atoms with Crippen molar-refractivity contribution >= 4 is 11.6 Å². The number of nitrogens with zero attached hydrogens (tertiary/aromatic N) is 2. The second kappa shape index (κ2) is 7.52. The van der Waals surface area contributed by atoms with Gasteiger partial charge in [-0.15, -0.1) is 0 Å². The van der Waals surface area contributed by atoms with Gasteiger partial charge in [-0.25, -0.2) is 4.39 Å². The highest BCUT2D eigenvalue weighted by Crippen LogP contribution is 2.20. The molecular weight excluding hydrogens is 293 g/mol. The van der Waals surface area contributed by atoms with Crippen LogP contribution in [0, 0.1) is 11.7 Å². The fourth-order valence-electron chi connectivity index (χ4n) is 2.12. The molecule has 1 aromatic heterocycles. The monoisotopic (exact) mass is 311 g/mol. The molecule has 1 atom stereocenters. The second-order valence-corrected chi connectivity index (χ2v) is 5.62. The fourth-order valence-corrected chi connectivity index (χ4v) is 2.31. The lowest BCUT2D eigenvalue weighted by molar-refractivity contribution is 0.358. The van der Waals surface area contributed by atoms with E-state index < -0.39 is 5.82 Å². The number of halogens is 2. The molecule has 1 aromatic carbocycles. The van der Waals surface area contributed by atoms with Gasteiger partial charge in [0.2, 0.25) is 5.89 Å². The molecular formula is C15H19ClFN3O. The molecule has 2 rings (SSSR count). The molecule has 0 saturated heterocycles. The SMILES string of the molecule is CC(CCN)CCc1nc(Cc2cccc(Cl)c2F)no1. The van der Waals surface area contributed by atoms with Crippen molar-refractivity contribution < 1.29 is 8.91 Å². The lowest BCUT2D eigenvalue weighted by atomic mass is 10.0. The molecule has 0 aliphatic heterocycles. The van der Waals surface area contributed by atoms with Crippen LogP contribution in [0.15, 0.2) is 22.7 Å². The summed E-state index contributed by atoms with van der Waals surface area (Å²) in [6.07, 6.45) is 2.92. The fraction of sp³-hybridized carbons (Fsp3) is 0.467. The van der Waals surface area contributed by atoms with E-state index in [4.69, 9.17) is 21.9 Å². The van der Waals surface area contributed by atoms with Crippen molar-refractivity contribution in [3.63, 3.8) is 0 Å². The summed E-state index contributed by atoms with van der Waals surface area (Å²) in [4.78, 5) is 4.29. The minimum absolute atomic E-state index is 0.104. The number of aromatic nitrogens is 2. The van der Waals surface area contributed by atoms with Gasteiger partial charge < -0.3 is 10.3 Å². The maximum absolute atomic E-state index is 13.8. The molecule has 1 heterocycles. The summed E-state index contributed by atoms with van der Waals surface area (Å²) in [5, 5.41) is 3.99. The molecule has 4 nitrogen and oxygen atoms in total. The molecule has 2 N–H and O–H groups in total. The second-order valence-electron chi connectivity index (χ2n) is 5.22. The Labute approximate surface area is 128 Å². The molecule has 0 fully saturated rings. The third-order valence-electron chi connectivity index (χ3n) is 3.40. The van der Waals surface area contributed by atoms with Crippen LogP contribution in [0.5, 0.6) is 0 Å². The first kappa shape index (κ1) is 15.9. The Kier molecular flexibility index (Phi) is 5.70. The molecule has 114 valence electrons. The number of hydrogen-bond donors (Lipinski definition) is 1. The van der Waals surface area contributed by atoms with Gasteiger partial charge in [-0.2, -0.15) is 4.98 Å². The molecule has 0 saturated carbocycles. The molecule has 0 spiro atoms.